The van der Waals surface area contributed by atoms with Gasteiger partial charge in [0.2, 0.25) is 0 Å². The maximum Gasteiger partial charge on any atom is 0.273 e. The minimum absolute atomic E-state index is 0.0558. The van der Waals surface area contributed by atoms with E-state index >= 15 is 0 Å². The van der Waals surface area contributed by atoms with Crippen LogP contribution in [-0.2, 0) is 11.3 Å². The molecule has 0 saturated carbocycles. The summed E-state index contributed by atoms with van der Waals surface area (Å²) in [7, 11) is 0. The molecule has 8 nitrogen and oxygen atoms in total. The highest BCUT2D eigenvalue weighted by atomic mass is 16.5. The SMILES string of the molecule is CC(CN1CCOCC1)NC(=O)c1cn(CCN)nn1. The van der Waals surface area contributed by atoms with E-state index in [1.165, 1.54) is 0 Å². The molecule has 20 heavy (non-hydrogen) atoms. The molecular weight excluding hydrogens is 260 g/mol. The number of carbonyl (C=O) groups excluding carboxylic acids is 1. The fourth-order valence-electron chi connectivity index (χ4n) is 2.16. The number of carbonyl (C=O) groups is 1. The predicted molar refractivity (Wildman–Crippen MR) is 73.3 cm³/mol. The zero-order valence-electron chi connectivity index (χ0n) is 11.8. The summed E-state index contributed by atoms with van der Waals surface area (Å²) in [4.78, 5) is 14.3. The van der Waals surface area contributed by atoms with Crippen LogP contribution in [0.1, 0.15) is 17.4 Å². The van der Waals surface area contributed by atoms with Crippen molar-refractivity contribution < 1.29 is 9.53 Å². The Kier molecular flexibility index (Phi) is 5.45. The first-order chi connectivity index (χ1) is 9.69. The predicted octanol–water partition coefficient (Wildman–Crippen LogP) is -1.31. The fraction of sp³-hybridized carbons (Fsp3) is 0.750. The largest absolute Gasteiger partial charge is 0.379 e. The quantitative estimate of drug-likeness (QED) is 0.672. The number of aromatic nitrogens is 3. The Morgan fingerprint density at radius 2 is 2.30 bits per heavy atom. The average Bonchev–Trinajstić information content (AvgIpc) is 2.89. The molecule has 1 atom stereocenters. The van der Waals surface area contributed by atoms with E-state index in [1.54, 1.807) is 10.9 Å². The number of amides is 1. The Morgan fingerprint density at radius 1 is 1.55 bits per heavy atom. The molecule has 1 aromatic rings. The normalized spacial score (nSPS) is 17.9. The van der Waals surface area contributed by atoms with Gasteiger partial charge in [0.25, 0.3) is 5.91 Å². The minimum Gasteiger partial charge on any atom is -0.379 e. The molecule has 1 saturated heterocycles. The first-order valence-corrected chi connectivity index (χ1v) is 6.90. The van der Waals surface area contributed by atoms with Crippen molar-refractivity contribution in [3.8, 4) is 0 Å². The van der Waals surface area contributed by atoms with Crippen molar-refractivity contribution in [2.75, 3.05) is 39.4 Å². The van der Waals surface area contributed by atoms with E-state index < -0.39 is 0 Å². The number of morpholine rings is 1. The van der Waals surface area contributed by atoms with E-state index in [4.69, 9.17) is 10.5 Å². The molecule has 8 heteroatoms. The maximum absolute atomic E-state index is 12.0. The van der Waals surface area contributed by atoms with Crippen molar-refractivity contribution in [3.05, 3.63) is 11.9 Å². The van der Waals surface area contributed by atoms with Gasteiger partial charge in [0.1, 0.15) is 0 Å². The van der Waals surface area contributed by atoms with Crippen LogP contribution in [0.5, 0.6) is 0 Å². The van der Waals surface area contributed by atoms with Crippen LogP contribution in [0, 0.1) is 0 Å². The second-order valence-electron chi connectivity index (χ2n) is 4.94. The maximum atomic E-state index is 12.0. The summed E-state index contributed by atoms with van der Waals surface area (Å²) in [6, 6.07) is 0.0558. The molecule has 2 rings (SSSR count). The molecule has 1 amide bonds. The Bertz CT molecular complexity index is 429. The Balaban J connectivity index is 1.80. The third-order valence-electron chi connectivity index (χ3n) is 3.14. The lowest BCUT2D eigenvalue weighted by Crippen LogP contribution is -2.46. The van der Waals surface area contributed by atoms with Gasteiger partial charge in [0.15, 0.2) is 5.69 Å². The summed E-state index contributed by atoms with van der Waals surface area (Å²) in [6.45, 7) is 7.16. The average molecular weight is 282 g/mol. The Hall–Kier alpha value is -1.51. The van der Waals surface area contributed by atoms with Crippen LogP contribution in [0.15, 0.2) is 6.20 Å². The number of nitrogens with two attached hydrogens (primary N) is 1. The standard InChI is InChI=1S/C12H22N6O2/c1-10(8-17-4-6-20-7-5-17)14-12(19)11-9-18(3-2-13)16-15-11/h9-10H,2-8,13H2,1H3,(H,14,19). The number of hydrogen-bond donors (Lipinski definition) is 2. The smallest absolute Gasteiger partial charge is 0.273 e. The second-order valence-corrected chi connectivity index (χ2v) is 4.94. The number of nitrogens with one attached hydrogen (secondary N) is 1. The molecule has 0 radical (unpaired) electrons. The van der Waals surface area contributed by atoms with Crippen molar-refractivity contribution in [1.82, 2.24) is 25.2 Å². The van der Waals surface area contributed by atoms with Crippen LogP contribution in [0.25, 0.3) is 0 Å². The van der Waals surface area contributed by atoms with Crippen LogP contribution in [0.4, 0.5) is 0 Å². The van der Waals surface area contributed by atoms with Gasteiger partial charge in [-0.05, 0) is 6.92 Å². The highest BCUT2D eigenvalue weighted by Crippen LogP contribution is 2.00. The summed E-state index contributed by atoms with van der Waals surface area (Å²) >= 11 is 0. The topological polar surface area (TPSA) is 98.3 Å². The van der Waals surface area contributed by atoms with Crippen LogP contribution in [0.3, 0.4) is 0 Å². The molecule has 1 unspecified atom stereocenters. The third-order valence-corrected chi connectivity index (χ3v) is 3.14. The van der Waals surface area contributed by atoms with E-state index in [-0.39, 0.29) is 11.9 Å². The molecule has 112 valence electrons. The Labute approximate surface area is 118 Å². The van der Waals surface area contributed by atoms with Crippen molar-refractivity contribution in [1.29, 1.82) is 0 Å². The molecule has 2 heterocycles. The highest BCUT2D eigenvalue weighted by molar-refractivity contribution is 5.92. The van der Waals surface area contributed by atoms with Crippen molar-refractivity contribution in [3.63, 3.8) is 0 Å². The molecule has 1 fully saturated rings. The number of rotatable bonds is 6. The molecule has 1 aromatic heterocycles. The van der Waals surface area contributed by atoms with Crippen molar-refractivity contribution >= 4 is 5.91 Å². The van der Waals surface area contributed by atoms with Gasteiger partial charge < -0.3 is 15.8 Å². The first-order valence-electron chi connectivity index (χ1n) is 6.90. The van der Waals surface area contributed by atoms with Gasteiger partial charge in [0.05, 0.1) is 26.0 Å². The van der Waals surface area contributed by atoms with E-state index in [2.05, 4.69) is 20.5 Å². The van der Waals surface area contributed by atoms with Crippen LogP contribution < -0.4 is 11.1 Å². The molecule has 0 aromatic carbocycles. The fourth-order valence-corrected chi connectivity index (χ4v) is 2.16. The van der Waals surface area contributed by atoms with Gasteiger partial charge in [-0.2, -0.15) is 0 Å². The third kappa shape index (κ3) is 4.26. The van der Waals surface area contributed by atoms with Crippen molar-refractivity contribution in [2.45, 2.75) is 19.5 Å². The van der Waals surface area contributed by atoms with Gasteiger partial charge >= 0.3 is 0 Å². The van der Waals surface area contributed by atoms with E-state index in [1.807, 2.05) is 6.92 Å². The lowest BCUT2D eigenvalue weighted by Gasteiger charge is -2.29. The van der Waals surface area contributed by atoms with Gasteiger partial charge in [-0.3, -0.25) is 14.4 Å². The lowest BCUT2D eigenvalue weighted by atomic mass is 10.2. The molecule has 3 N–H and O–H groups in total. The zero-order valence-corrected chi connectivity index (χ0v) is 11.8. The summed E-state index contributed by atoms with van der Waals surface area (Å²) in [6.07, 6.45) is 1.61. The summed E-state index contributed by atoms with van der Waals surface area (Å²) < 4.78 is 6.87. The molecule has 0 aliphatic carbocycles. The second kappa shape index (κ2) is 7.32. The lowest BCUT2D eigenvalue weighted by molar-refractivity contribution is 0.0342. The molecule has 0 spiro atoms. The van der Waals surface area contributed by atoms with Crippen LogP contribution >= 0.6 is 0 Å². The van der Waals surface area contributed by atoms with E-state index in [0.717, 1.165) is 32.8 Å². The highest BCUT2D eigenvalue weighted by Gasteiger charge is 2.17. The molecule has 1 aliphatic heterocycles. The van der Waals surface area contributed by atoms with Gasteiger partial charge in [-0.15, -0.1) is 5.10 Å². The van der Waals surface area contributed by atoms with Crippen LogP contribution in [-0.4, -0.2) is 71.2 Å². The molecular formula is C12H22N6O2. The number of hydrogen-bond acceptors (Lipinski definition) is 6. The number of ether oxygens (including phenoxy) is 1. The van der Waals surface area contributed by atoms with Gasteiger partial charge in [0, 0.05) is 32.2 Å². The first kappa shape index (κ1) is 14.9. The Morgan fingerprint density at radius 3 is 3.00 bits per heavy atom. The van der Waals surface area contributed by atoms with Gasteiger partial charge in [-0.1, -0.05) is 5.21 Å². The molecule has 1 aliphatic rings. The number of nitrogens with zero attached hydrogens (tertiary/aromatic N) is 4. The van der Waals surface area contributed by atoms with Crippen molar-refractivity contribution in [2.24, 2.45) is 5.73 Å². The van der Waals surface area contributed by atoms with Gasteiger partial charge in [-0.25, -0.2) is 0 Å². The summed E-state index contributed by atoms with van der Waals surface area (Å²) in [5.74, 6) is -0.200. The summed E-state index contributed by atoms with van der Waals surface area (Å²) in [5, 5.41) is 10.6. The zero-order chi connectivity index (χ0) is 14.4. The van der Waals surface area contributed by atoms with E-state index in [0.29, 0.717) is 18.8 Å². The summed E-state index contributed by atoms with van der Waals surface area (Å²) in [5.41, 5.74) is 5.75. The van der Waals surface area contributed by atoms with Crippen LogP contribution in [0.2, 0.25) is 0 Å². The molecule has 0 bridgehead atoms. The van der Waals surface area contributed by atoms with E-state index in [9.17, 15) is 4.79 Å². The minimum atomic E-state index is -0.200. The monoisotopic (exact) mass is 282 g/mol.